The van der Waals surface area contributed by atoms with Crippen molar-refractivity contribution in [2.45, 2.75) is 51.4 Å². The molecule has 0 aliphatic carbocycles. The van der Waals surface area contributed by atoms with Gasteiger partial charge in [-0.25, -0.2) is 4.39 Å². The van der Waals surface area contributed by atoms with Crippen LogP contribution < -0.4 is 10.2 Å². The van der Waals surface area contributed by atoms with E-state index in [1.54, 1.807) is 6.92 Å². The molecule has 4 rings (SSSR count). The normalized spacial score (nSPS) is 14.7. The smallest absolute Gasteiger partial charge is 0.416 e. The first-order valence-electron chi connectivity index (χ1n) is 13.7. The van der Waals surface area contributed by atoms with E-state index in [4.69, 9.17) is 0 Å². The number of carboxylic acids is 1. The second-order valence-electron chi connectivity index (χ2n) is 11.4. The van der Waals surface area contributed by atoms with Crippen molar-refractivity contribution in [1.29, 1.82) is 5.26 Å². The lowest BCUT2D eigenvalue weighted by Crippen LogP contribution is -2.36. The molecule has 0 bridgehead atoms. The molecule has 0 spiro atoms. The molecule has 1 aromatic heterocycles. The monoisotopic (exact) mass is 655 g/mol. The summed E-state index contributed by atoms with van der Waals surface area (Å²) < 4.78 is 95.0. The summed E-state index contributed by atoms with van der Waals surface area (Å²) in [5.74, 6) is -2.72. The minimum atomic E-state index is -5.09. The van der Waals surface area contributed by atoms with Gasteiger partial charge in [0.05, 0.1) is 39.6 Å². The summed E-state index contributed by atoms with van der Waals surface area (Å²) in [5, 5.41) is 23.0. The van der Waals surface area contributed by atoms with Crippen molar-refractivity contribution in [2.75, 3.05) is 29.9 Å². The van der Waals surface area contributed by atoms with Crippen LogP contribution in [-0.4, -0.2) is 36.5 Å². The van der Waals surface area contributed by atoms with Crippen molar-refractivity contribution in [3.8, 4) is 16.5 Å². The molecule has 1 aliphatic rings. The van der Waals surface area contributed by atoms with Gasteiger partial charge < -0.3 is 15.3 Å². The first-order valence-corrected chi connectivity index (χ1v) is 14.5. The number of carbonyl (C=O) groups is 2. The van der Waals surface area contributed by atoms with Gasteiger partial charge in [-0.05, 0) is 80.6 Å². The van der Waals surface area contributed by atoms with Gasteiger partial charge in [0.2, 0.25) is 0 Å². The van der Waals surface area contributed by atoms with Crippen molar-refractivity contribution in [2.24, 2.45) is 5.92 Å². The first-order chi connectivity index (χ1) is 20.8. The number of nitrogens with zero attached hydrogens (tertiary/aromatic N) is 2. The van der Waals surface area contributed by atoms with Crippen molar-refractivity contribution >= 4 is 33.8 Å². The molecule has 240 valence electrons. The second-order valence-corrected chi connectivity index (χ2v) is 12.4. The molecule has 1 aliphatic heterocycles. The largest absolute Gasteiger partial charge is 0.481 e. The summed E-state index contributed by atoms with van der Waals surface area (Å²) in [4.78, 5) is 27.3. The molecule has 3 aromatic rings. The first kappa shape index (κ1) is 33.8. The molecule has 6 nitrogen and oxygen atoms in total. The van der Waals surface area contributed by atoms with Crippen LogP contribution in [0.5, 0.6) is 0 Å². The van der Waals surface area contributed by atoms with Crippen LogP contribution >= 0.6 is 11.3 Å². The Morgan fingerprint density at radius 2 is 1.56 bits per heavy atom. The Bertz CT molecular complexity index is 1630. The molecule has 2 aromatic carbocycles. The van der Waals surface area contributed by atoms with Gasteiger partial charge in [0.25, 0.3) is 0 Å². The van der Waals surface area contributed by atoms with Crippen molar-refractivity contribution in [3.63, 3.8) is 0 Å². The van der Waals surface area contributed by atoms with Gasteiger partial charge in [-0.2, -0.15) is 31.6 Å². The van der Waals surface area contributed by atoms with E-state index in [9.17, 15) is 50.7 Å². The van der Waals surface area contributed by atoms with E-state index in [1.165, 1.54) is 43.4 Å². The quantitative estimate of drug-likeness (QED) is 0.239. The van der Waals surface area contributed by atoms with Gasteiger partial charge in [0, 0.05) is 13.1 Å². The molecule has 0 amide bonds. The molecule has 14 heteroatoms. The summed E-state index contributed by atoms with van der Waals surface area (Å²) in [5.41, 5.74) is -4.04. The topological polar surface area (TPSA) is 93.4 Å². The maximum atomic E-state index is 14.0. The number of halogens is 7. The highest BCUT2D eigenvalue weighted by Crippen LogP contribution is 2.47. The number of ketones is 1. The van der Waals surface area contributed by atoms with Crippen molar-refractivity contribution < 1.29 is 45.4 Å². The highest BCUT2D eigenvalue weighted by Gasteiger charge is 2.40. The average molecular weight is 656 g/mol. The zero-order valence-corrected chi connectivity index (χ0v) is 25.1. The molecule has 0 radical (unpaired) electrons. The SMILES string of the molecule is Cc1cc(F)ccc1-c1sc(N2CCC(C(=O)O)CC2)c(C#N)c1NCC(=O)C(C)(C)c1cc(C(F)(F)F)cc(C(F)(F)F)c1. The van der Waals surface area contributed by atoms with Crippen LogP contribution in [-0.2, 0) is 27.4 Å². The third-order valence-electron chi connectivity index (χ3n) is 8.00. The summed E-state index contributed by atoms with van der Waals surface area (Å²) in [6, 6.07) is 7.14. The van der Waals surface area contributed by atoms with Crippen LogP contribution in [0.25, 0.3) is 10.4 Å². The summed E-state index contributed by atoms with van der Waals surface area (Å²) >= 11 is 1.17. The minimum Gasteiger partial charge on any atom is -0.481 e. The lowest BCUT2D eigenvalue weighted by molar-refractivity contribution is -0.144. The predicted molar refractivity (Wildman–Crippen MR) is 155 cm³/mol. The van der Waals surface area contributed by atoms with Crippen LogP contribution in [0.4, 0.5) is 41.4 Å². The number of benzene rings is 2. The summed E-state index contributed by atoms with van der Waals surface area (Å²) in [7, 11) is 0. The Balaban J connectivity index is 1.73. The van der Waals surface area contributed by atoms with Gasteiger partial charge in [0.1, 0.15) is 22.5 Å². The number of hydrogen-bond donors (Lipinski definition) is 2. The second kappa shape index (κ2) is 12.3. The molecule has 0 unspecified atom stereocenters. The molecule has 0 atom stereocenters. The van der Waals surface area contributed by atoms with Gasteiger partial charge in [-0.1, -0.05) is 6.07 Å². The number of rotatable bonds is 8. The summed E-state index contributed by atoms with van der Waals surface area (Å²) in [6.45, 7) is 4.17. The van der Waals surface area contributed by atoms with Gasteiger partial charge in [-0.15, -0.1) is 11.3 Å². The molecular formula is C31H28F7N3O3S. The van der Waals surface area contributed by atoms with E-state index in [0.29, 0.717) is 59.1 Å². The maximum absolute atomic E-state index is 14.0. The number of carboxylic acid groups (broad SMARTS) is 1. The molecule has 0 saturated carbocycles. The van der Waals surface area contributed by atoms with Gasteiger partial charge >= 0.3 is 18.3 Å². The molecular weight excluding hydrogens is 627 g/mol. The van der Waals surface area contributed by atoms with Crippen LogP contribution in [0.1, 0.15) is 54.5 Å². The number of carbonyl (C=O) groups excluding carboxylic acids is 1. The van der Waals surface area contributed by atoms with Gasteiger partial charge in [-0.3, -0.25) is 9.59 Å². The third-order valence-corrected chi connectivity index (χ3v) is 9.28. The number of nitriles is 1. The van der Waals surface area contributed by atoms with Crippen LogP contribution in [0.2, 0.25) is 0 Å². The van der Waals surface area contributed by atoms with Crippen LogP contribution in [0, 0.1) is 30.0 Å². The standard InChI is InChI=1S/C31H28F7N3O3S/c1-16-10-21(32)4-5-22(16)26-25(23(14-39)27(45-26)41-8-6-17(7-9-41)28(43)44)40-15-24(42)29(2,3)18-11-19(30(33,34)35)13-20(12-18)31(36,37)38/h4-5,10-13,17,40H,6-9,15H2,1-3H3,(H,43,44). The number of alkyl halides is 6. The maximum Gasteiger partial charge on any atom is 0.416 e. The van der Waals surface area contributed by atoms with Crippen LogP contribution in [0.3, 0.4) is 0 Å². The van der Waals surface area contributed by atoms with Crippen molar-refractivity contribution in [1.82, 2.24) is 0 Å². The van der Waals surface area contributed by atoms with E-state index in [2.05, 4.69) is 11.4 Å². The highest BCUT2D eigenvalue weighted by atomic mass is 32.1. The molecule has 45 heavy (non-hydrogen) atoms. The number of piperidine rings is 1. The Morgan fingerprint density at radius 1 is 1.00 bits per heavy atom. The van der Waals surface area contributed by atoms with E-state index >= 15 is 0 Å². The molecule has 2 N–H and O–H groups in total. The average Bonchev–Trinajstić information content (AvgIpc) is 3.32. The number of nitrogens with one attached hydrogen (secondary N) is 1. The fourth-order valence-corrected chi connectivity index (χ4v) is 6.55. The number of aryl methyl sites for hydroxylation is 1. The molecule has 2 heterocycles. The number of thiophene rings is 1. The zero-order valence-electron chi connectivity index (χ0n) is 24.3. The van der Waals surface area contributed by atoms with E-state index in [-0.39, 0.29) is 17.3 Å². The predicted octanol–water partition coefficient (Wildman–Crippen LogP) is 8.03. The highest BCUT2D eigenvalue weighted by molar-refractivity contribution is 7.20. The Labute approximate surface area is 258 Å². The van der Waals surface area contributed by atoms with E-state index in [0.717, 1.165) is 0 Å². The zero-order chi connectivity index (χ0) is 33.5. The third kappa shape index (κ3) is 7.08. The minimum absolute atomic E-state index is 0.00897. The van der Waals surface area contributed by atoms with Crippen LogP contribution in [0.15, 0.2) is 36.4 Å². The number of Topliss-reactive ketones (excluding diaryl/α,β-unsaturated/α-hetero) is 1. The Hall–Kier alpha value is -4.12. The Morgan fingerprint density at radius 3 is 2.04 bits per heavy atom. The lowest BCUT2D eigenvalue weighted by atomic mass is 9.79. The lowest BCUT2D eigenvalue weighted by Gasteiger charge is -2.31. The fourth-order valence-electron chi connectivity index (χ4n) is 5.18. The number of anilines is 2. The van der Waals surface area contributed by atoms with Crippen molar-refractivity contribution in [3.05, 3.63) is 70.0 Å². The van der Waals surface area contributed by atoms with E-state index in [1.807, 2.05) is 4.90 Å². The van der Waals surface area contributed by atoms with E-state index < -0.39 is 64.5 Å². The number of aliphatic carboxylic acids is 1. The summed E-state index contributed by atoms with van der Waals surface area (Å²) in [6.07, 6.45) is -9.53. The molecule has 1 fully saturated rings. The number of hydrogen-bond acceptors (Lipinski definition) is 6. The fraction of sp³-hybridized carbons (Fsp3) is 0.387. The Kier molecular flexibility index (Phi) is 9.26. The van der Waals surface area contributed by atoms with Gasteiger partial charge in [0.15, 0.2) is 5.78 Å². The molecule has 1 saturated heterocycles.